The quantitative estimate of drug-likeness (QED) is 0.640. The maximum atomic E-state index is 12.7. The Morgan fingerprint density at radius 3 is 2.48 bits per heavy atom. The molecular weight excluding hydrogens is 408 g/mol. The summed E-state index contributed by atoms with van der Waals surface area (Å²) in [6.07, 6.45) is 1.65. The van der Waals surface area contributed by atoms with Crippen molar-refractivity contribution in [2.75, 3.05) is 31.1 Å². The Kier molecular flexibility index (Phi) is 5.69. The third kappa shape index (κ3) is 4.21. The first kappa shape index (κ1) is 19.7. The topological polar surface area (TPSA) is 58.4 Å². The minimum absolute atomic E-state index is 0.0604. The molecule has 3 aromatic rings. The van der Waals surface area contributed by atoms with Gasteiger partial charge in [0.25, 0.3) is 11.5 Å². The van der Waals surface area contributed by atoms with E-state index in [1.165, 1.54) is 16.0 Å². The highest BCUT2D eigenvalue weighted by molar-refractivity contribution is 7.13. The van der Waals surface area contributed by atoms with Gasteiger partial charge in [0, 0.05) is 31.1 Å². The van der Waals surface area contributed by atoms with Crippen molar-refractivity contribution < 1.29 is 4.79 Å². The zero-order valence-electron chi connectivity index (χ0n) is 16.0. The number of hydrogen-bond acceptors (Lipinski definition) is 5. The second kappa shape index (κ2) is 8.39. The van der Waals surface area contributed by atoms with Gasteiger partial charge in [-0.2, -0.15) is 5.10 Å². The van der Waals surface area contributed by atoms with Crippen LogP contribution in [0.25, 0.3) is 0 Å². The van der Waals surface area contributed by atoms with Crippen molar-refractivity contribution in [1.29, 1.82) is 0 Å². The number of carbonyl (C=O) groups excluding carboxylic acids is 1. The number of anilines is 1. The van der Waals surface area contributed by atoms with Crippen LogP contribution in [0.3, 0.4) is 0 Å². The van der Waals surface area contributed by atoms with E-state index < -0.39 is 0 Å². The van der Waals surface area contributed by atoms with E-state index >= 15 is 0 Å². The van der Waals surface area contributed by atoms with Gasteiger partial charge in [-0.25, -0.2) is 4.68 Å². The summed E-state index contributed by atoms with van der Waals surface area (Å²) >= 11 is 7.91. The summed E-state index contributed by atoms with van der Waals surface area (Å²) in [6, 6.07) is 13.5. The Morgan fingerprint density at radius 1 is 1.10 bits per heavy atom. The molecule has 1 aromatic carbocycles. The van der Waals surface area contributed by atoms with Crippen LogP contribution in [0.5, 0.6) is 0 Å². The zero-order valence-corrected chi connectivity index (χ0v) is 17.6. The molecule has 1 aliphatic heterocycles. The van der Waals surface area contributed by atoms with E-state index in [2.05, 4.69) is 5.10 Å². The number of aryl methyl sites for hydroxylation is 1. The SMILES string of the molecule is Cc1ccc(C(=O)N2CCN(c3cnn(Cc4ccccc4)c(=O)c3Cl)CC2)s1. The first-order valence-corrected chi connectivity index (χ1v) is 10.6. The van der Waals surface area contributed by atoms with Crippen molar-refractivity contribution in [3.63, 3.8) is 0 Å². The number of halogens is 1. The average Bonchev–Trinajstić information content (AvgIpc) is 3.18. The smallest absolute Gasteiger partial charge is 0.287 e. The number of piperazine rings is 1. The first-order chi connectivity index (χ1) is 14.0. The molecule has 0 unspecified atom stereocenters. The van der Waals surface area contributed by atoms with Crippen LogP contribution in [-0.2, 0) is 6.54 Å². The highest BCUT2D eigenvalue weighted by Crippen LogP contribution is 2.24. The molecule has 4 rings (SSSR count). The molecule has 1 fully saturated rings. The predicted molar refractivity (Wildman–Crippen MR) is 116 cm³/mol. The van der Waals surface area contributed by atoms with Crippen LogP contribution in [0.15, 0.2) is 53.5 Å². The van der Waals surface area contributed by atoms with Crippen molar-refractivity contribution >= 4 is 34.5 Å². The van der Waals surface area contributed by atoms with Crippen LogP contribution in [0.1, 0.15) is 20.1 Å². The summed E-state index contributed by atoms with van der Waals surface area (Å²) in [6.45, 7) is 4.76. The first-order valence-electron chi connectivity index (χ1n) is 9.43. The van der Waals surface area contributed by atoms with Crippen LogP contribution < -0.4 is 10.5 Å². The molecule has 0 bridgehead atoms. The van der Waals surface area contributed by atoms with Crippen LogP contribution >= 0.6 is 22.9 Å². The highest BCUT2D eigenvalue weighted by Gasteiger charge is 2.25. The molecule has 1 saturated heterocycles. The molecule has 1 amide bonds. The standard InChI is InChI=1S/C21H21ClN4O2S/c1-15-7-8-18(29-15)20(27)25-11-9-24(10-12-25)17-13-23-26(21(28)19(17)22)14-16-5-3-2-4-6-16/h2-8,13H,9-12,14H2,1H3. The van der Waals surface area contributed by atoms with E-state index in [1.807, 2.05) is 59.2 Å². The third-order valence-corrected chi connectivity index (χ3v) is 6.34. The summed E-state index contributed by atoms with van der Waals surface area (Å²) in [5, 5.41) is 4.48. The van der Waals surface area contributed by atoms with Crippen molar-refractivity contribution in [2.24, 2.45) is 0 Å². The van der Waals surface area contributed by atoms with Crippen LogP contribution in [0, 0.1) is 6.92 Å². The Labute approximate surface area is 177 Å². The number of rotatable bonds is 4. The van der Waals surface area contributed by atoms with Gasteiger partial charge in [-0.3, -0.25) is 9.59 Å². The Morgan fingerprint density at radius 2 is 1.83 bits per heavy atom. The van der Waals surface area contributed by atoms with E-state index in [1.54, 1.807) is 6.20 Å². The second-order valence-corrected chi connectivity index (χ2v) is 8.65. The third-order valence-electron chi connectivity index (χ3n) is 5.00. The lowest BCUT2D eigenvalue weighted by atomic mass is 10.2. The number of thiophene rings is 1. The molecule has 8 heteroatoms. The van der Waals surface area contributed by atoms with Gasteiger partial charge >= 0.3 is 0 Å². The van der Waals surface area contributed by atoms with E-state index in [-0.39, 0.29) is 16.5 Å². The minimum Gasteiger partial charge on any atom is -0.365 e. The van der Waals surface area contributed by atoms with Crippen LogP contribution in [0.2, 0.25) is 5.02 Å². The molecule has 3 heterocycles. The Bertz CT molecular complexity index is 1070. The van der Waals surface area contributed by atoms with Gasteiger partial charge in [-0.05, 0) is 24.6 Å². The van der Waals surface area contributed by atoms with Gasteiger partial charge in [0.2, 0.25) is 0 Å². The van der Waals surface area contributed by atoms with Gasteiger partial charge in [0.1, 0.15) is 5.02 Å². The predicted octanol–water partition coefficient (Wildman–Crippen LogP) is 3.28. The molecule has 0 atom stereocenters. The summed E-state index contributed by atoms with van der Waals surface area (Å²) in [5.74, 6) is 0.0604. The normalized spacial score (nSPS) is 14.3. The van der Waals surface area contributed by atoms with E-state index in [0.29, 0.717) is 38.4 Å². The second-order valence-electron chi connectivity index (χ2n) is 6.98. The van der Waals surface area contributed by atoms with Crippen molar-refractivity contribution in [1.82, 2.24) is 14.7 Å². The van der Waals surface area contributed by atoms with Gasteiger partial charge in [0.05, 0.1) is 23.3 Å². The summed E-state index contributed by atoms with van der Waals surface area (Å²) in [7, 11) is 0. The molecule has 0 aliphatic carbocycles. The van der Waals surface area contributed by atoms with Crippen molar-refractivity contribution in [3.8, 4) is 0 Å². The monoisotopic (exact) mass is 428 g/mol. The number of hydrogen-bond donors (Lipinski definition) is 0. The lowest BCUT2D eigenvalue weighted by Crippen LogP contribution is -2.49. The van der Waals surface area contributed by atoms with Gasteiger partial charge < -0.3 is 9.80 Å². The fraction of sp³-hybridized carbons (Fsp3) is 0.286. The average molecular weight is 429 g/mol. The molecule has 0 N–H and O–H groups in total. The number of benzene rings is 1. The van der Waals surface area contributed by atoms with Crippen LogP contribution in [-0.4, -0.2) is 46.8 Å². The van der Waals surface area contributed by atoms with Crippen molar-refractivity contribution in [3.05, 3.63) is 79.4 Å². The zero-order chi connectivity index (χ0) is 20.4. The fourth-order valence-corrected chi connectivity index (χ4v) is 4.50. The van der Waals surface area contributed by atoms with Gasteiger partial charge in [-0.15, -0.1) is 11.3 Å². The number of carbonyl (C=O) groups is 1. The summed E-state index contributed by atoms with van der Waals surface area (Å²) < 4.78 is 1.38. The summed E-state index contributed by atoms with van der Waals surface area (Å²) in [4.78, 5) is 31.1. The highest BCUT2D eigenvalue weighted by atomic mass is 35.5. The molecule has 0 spiro atoms. The fourth-order valence-electron chi connectivity index (χ4n) is 3.40. The largest absolute Gasteiger partial charge is 0.365 e. The van der Waals surface area contributed by atoms with Gasteiger partial charge in [0.15, 0.2) is 0 Å². The molecule has 0 radical (unpaired) electrons. The Hall–Kier alpha value is -2.64. The molecule has 1 aliphatic rings. The number of aromatic nitrogens is 2. The molecule has 2 aromatic heterocycles. The van der Waals surface area contributed by atoms with E-state index in [4.69, 9.17) is 11.6 Å². The van der Waals surface area contributed by atoms with E-state index in [0.717, 1.165) is 15.3 Å². The van der Waals surface area contributed by atoms with Crippen molar-refractivity contribution in [2.45, 2.75) is 13.5 Å². The lowest BCUT2D eigenvalue weighted by Gasteiger charge is -2.36. The Balaban J connectivity index is 1.45. The number of nitrogens with zero attached hydrogens (tertiary/aromatic N) is 4. The molecular formula is C21H21ClN4O2S. The minimum atomic E-state index is -0.305. The van der Waals surface area contributed by atoms with Gasteiger partial charge in [-0.1, -0.05) is 41.9 Å². The molecule has 6 nitrogen and oxygen atoms in total. The van der Waals surface area contributed by atoms with E-state index in [9.17, 15) is 9.59 Å². The molecule has 0 saturated carbocycles. The molecule has 150 valence electrons. The maximum Gasteiger partial charge on any atom is 0.287 e. The summed E-state index contributed by atoms with van der Waals surface area (Å²) in [5.41, 5.74) is 1.31. The lowest BCUT2D eigenvalue weighted by molar-refractivity contribution is 0.0751. The molecule has 29 heavy (non-hydrogen) atoms. The maximum absolute atomic E-state index is 12.7. The van der Waals surface area contributed by atoms with Crippen LogP contribution in [0.4, 0.5) is 5.69 Å². The number of amides is 1.